The summed E-state index contributed by atoms with van der Waals surface area (Å²) in [6.07, 6.45) is 1.75. The molecule has 1 aliphatic rings. The molecule has 0 aromatic heterocycles. The van der Waals surface area contributed by atoms with Gasteiger partial charge in [0.15, 0.2) is 11.1 Å². The van der Waals surface area contributed by atoms with E-state index in [1.165, 1.54) is 0 Å². The van der Waals surface area contributed by atoms with Crippen molar-refractivity contribution in [1.82, 2.24) is 0 Å². The van der Waals surface area contributed by atoms with Crippen molar-refractivity contribution in [3.8, 4) is 0 Å². The quantitative estimate of drug-likeness (QED) is 0.711. The Bertz CT molecular complexity index is 412. The van der Waals surface area contributed by atoms with Gasteiger partial charge in [-0.25, -0.2) is 4.21 Å². The van der Waals surface area contributed by atoms with Crippen LogP contribution in [0.3, 0.4) is 0 Å². The van der Waals surface area contributed by atoms with Crippen molar-refractivity contribution < 1.29 is 13.6 Å². The highest BCUT2D eigenvalue weighted by Gasteiger charge is 2.16. The maximum absolute atomic E-state index is 11.2. The van der Waals surface area contributed by atoms with E-state index in [1.807, 2.05) is 6.07 Å². The molecule has 0 saturated heterocycles. The zero-order valence-corrected chi connectivity index (χ0v) is 8.34. The molecule has 1 atom stereocenters. The summed E-state index contributed by atoms with van der Waals surface area (Å²) in [5.41, 5.74) is 2.03. The van der Waals surface area contributed by atoms with Gasteiger partial charge in [0.1, 0.15) is 5.78 Å². The Balaban J connectivity index is 2.42. The lowest BCUT2D eigenvalue weighted by molar-refractivity contribution is -0.118. The molecule has 0 aliphatic heterocycles. The molecule has 0 saturated carbocycles. The minimum absolute atomic E-state index is 0.207. The predicted molar refractivity (Wildman–Crippen MR) is 52.5 cm³/mol. The number of aryl methyl sites for hydroxylation is 1. The van der Waals surface area contributed by atoms with Gasteiger partial charge in [0.25, 0.3) is 0 Å². The summed E-state index contributed by atoms with van der Waals surface area (Å²) in [5, 5.41) is 0. The normalized spacial score (nSPS) is 17.6. The second-order valence-electron chi connectivity index (χ2n) is 3.40. The fraction of sp³-hybridized carbons (Fsp3) is 0.300. The molecule has 1 aromatic carbocycles. The van der Waals surface area contributed by atoms with Gasteiger partial charge in [-0.3, -0.25) is 4.79 Å². The molecule has 1 aromatic rings. The number of carbonyl (C=O) groups excluding carboxylic acids is 1. The largest absolute Gasteiger partial charge is 0.302 e. The van der Waals surface area contributed by atoms with E-state index in [2.05, 4.69) is 0 Å². The number of benzene rings is 1. The Kier molecular flexibility index (Phi) is 2.48. The van der Waals surface area contributed by atoms with Gasteiger partial charge in [0, 0.05) is 12.8 Å². The Morgan fingerprint density at radius 2 is 2.00 bits per heavy atom. The van der Waals surface area contributed by atoms with Crippen molar-refractivity contribution in [2.75, 3.05) is 0 Å². The molecule has 0 fully saturated rings. The van der Waals surface area contributed by atoms with Crippen molar-refractivity contribution in [3.63, 3.8) is 0 Å². The van der Waals surface area contributed by atoms with Crippen LogP contribution < -0.4 is 0 Å². The summed E-state index contributed by atoms with van der Waals surface area (Å²) in [6, 6.07) is 5.14. The van der Waals surface area contributed by atoms with E-state index in [-0.39, 0.29) is 5.78 Å². The second-order valence-corrected chi connectivity index (χ2v) is 4.36. The van der Waals surface area contributed by atoms with Gasteiger partial charge < -0.3 is 4.55 Å². The van der Waals surface area contributed by atoms with Crippen LogP contribution in [0.2, 0.25) is 0 Å². The molecule has 1 N–H and O–H groups in total. The number of ketones is 1. The van der Waals surface area contributed by atoms with Gasteiger partial charge in [0.2, 0.25) is 0 Å². The van der Waals surface area contributed by atoms with Crippen LogP contribution in [0.5, 0.6) is 0 Å². The van der Waals surface area contributed by atoms with E-state index in [0.717, 1.165) is 17.5 Å². The fourth-order valence-electron chi connectivity index (χ4n) is 1.69. The molecular weight excluding hydrogens is 200 g/mol. The lowest BCUT2D eigenvalue weighted by Gasteiger charge is -2.14. The lowest BCUT2D eigenvalue weighted by Crippen LogP contribution is -2.13. The fourth-order valence-corrected chi connectivity index (χ4v) is 2.12. The first-order valence-corrected chi connectivity index (χ1v) is 5.52. The smallest absolute Gasteiger partial charge is 0.186 e. The number of fused-ring (bicyclic) bond motifs is 1. The van der Waals surface area contributed by atoms with E-state index >= 15 is 0 Å². The molecule has 0 spiro atoms. The minimum Gasteiger partial charge on any atom is -0.302 e. The van der Waals surface area contributed by atoms with Crippen molar-refractivity contribution >= 4 is 16.9 Å². The topological polar surface area (TPSA) is 54.4 Å². The number of carbonyl (C=O) groups is 1. The first-order chi connectivity index (χ1) is 6.66. The molecular formula is C10H10O3S. The summed E-state index contributed by atoms with van der Waals surface area (Å²) in [4.78, 5) is 11.5. The number of hydrogen-bond acceptors (Lipinski definition) is 2. The summed E-state index contributed by atoms with van der Waals surface area (Å²) < 4.78 is 19.7. The summed E-state index contributed by atoms with van der Waals surface area (Å²) in [7, 11) is 0. The maximum atomic E-state index is 11.2. The van der Waals surface area contributed by atoms with Gasteiger partial charge >= 0.3 is 0 Å². The average molecular weight is 210 g/mol. The Hall–Kier alpha value is -1.00. The van der Waals surface area contributed by atoms with E-state index in [0.29, 0.717) is 17.7 Å². The molecule has 2 rings (SSSR count). The lowest BCUT2D eigenvalue weighted by atomic mass is 9.91. The second kappa shape index (κ2) is 3.63. The molecule has 14 heavy (non-hydrogen) atoms. The van der Waals surface area contributed by atoms with Crippen molar-refractivity contribution in [2.24, 2.45) is 0 Å². The number of rotatable bonds is 1. The van der Waals surface area contributed by atoms with E-state index in [1.54, 1.807) is 12.1 Å². The van der Waals surface area contributed by atoms with E-state index in [4.69, 9.17) is 4.55 Å². The van der Waals surface area contributed by atoms with Crippen molar-refractivity contribution in [3.05, 3.63) is 29.3 Å². The minimum atomic E-state index is -1.95. The first-order valence-electron chi connectivity index (χ1n) is 4.41. The molecule has 74 valence electrons. The van der Waals surface area contributed by atoms with Gasteiger partial charge in [-0.1, -0.05) is 6.07 Å². The third-order valence-corrected chi connectivity index (χ3v) is 3.10. The van der Waals surface area contributed by atoms with Crippen LogP contribution in [0.15, 0.2) is 23.1 Å². The number of hydrogen-bond donors (Lipinski definition) is 1. The van der Waals surface area contributed by atoms with Crippen LogP contribution in [0.4, 0.5) is 0 Å². The molecule has 3 nitrogen and oxygen atoms in total. The standard InChI is InChI=1S/C10H10O3S/c11-9-3-1-7-2-4-10(14(12)13)6-8(7)5-9/h2,4,6H,1,3,5H2,(H,12,13). The Labute approximate surface area is 84.4 Å². The summed E-state index contributed by atoms with van der Waals surface area (Å²) >= 11 is -1.95. The Morgan fingerprint density at radius 1 is 1.21 bits per heavy atom. The summed E-state index contributed by atoms with van der Waals surface area (Å²) in [6.45, 7) is 0. The highest BCUT2D eigenvalue weighted by atomic mass is 32.2. The van der Waals surface area contributed by atoms with E-state index < -0.39 is 11.1 Å². The van der Waals surface area contributed by atoms with Crippen molar-refractivity contribution in [2.45, 2.75) is 24.2 Å². The highest BCUT2D eigenvalue weighted by Crippen LogP contribution is 2.21. The van der Waals surface area contributed by atoms with Crippen LogP contribution in [0.25, 0.3) is 0 Å². The monoisotopic (exact) mass is 210 g/mol. The molecule has 0 heterocycles. The third-order valence-electron chi connectivity index (χ3n) is 2.44. The van der Waals surface area contributed by atoms with Crippen LogP contribution in [0, 0.1) is 0 Å². The zero-order chi connectivity index (χ0) is 10.1. The van der Waals surface area contributed by atoms with Gasteiger partial charge in [-0.15, -0.1) is 0 Å². The number of Topliss-reactive ketones (excluding diaryl/α,β-unsaturated/α-hetero) is 1. The predicted octanol–water partition coefficient (Wildman–Crippen LogP) is 1.32. The Morgan fingerprint density at radius 3 is 2.71 bits per heavy atom. The van der Waals surface area contributed by atoms with Crippen LogP contribution in [0.1, 0.15) is 17.5 Å². The molecule has 1 aliphatic carbocycles. The molecule has 0 radical (unpaired) electrons. The van der Waals surface area contributed by atoms with Crippen LogP contribution in [-0.4, -0.2) is 14.5 Å². The van der Waals surface area contributed by atoms with Gasteiger partial charge in [-0.05, 0) is 29.7 Å². The highest BCUT2D eigenvalue weighted by molar-refractivity contribution is 7.79. The molecule has 4 heteroatoms. The van der Waals surface area contributed by atoms with Gasteiger partial charge in [-0.2, -0.15) is 0 Å². The first kappa shape index (κ1) is 9.55. The SMILES string of the molecule is O=C1CCc2ccc(S(=O)O)cc2C1. The maximum Gasteiger partial charge on any atom is 0.186 e. The van der Waals surface area contributed by atoms with Crippen molar-refractivity contribution in [1.29, 1.82) is 0 Å². The molecule has 1 unspecified atom stereocenters. The summed E-state index contributed by atoms with van der Waals surface area (Å²) in [5.74, 6) is 0.207. The van der Waals surface area contributed by atoms with E-state index in [9.17, 15) is 9.00 Å². The zero-order valence-electron chi connectivity index (χ0n) is 7.53. The third kappa shape index (κ3) is 1.76. The molecule has 0 amide bonds. The molecule has 0 bridgehead atoms. The average Bonchev–Trinajstić information content (AvgIpc) is 2.16. The van der Waals surface area contributed by atoms with Gasteiger partial charge in [0.05, 0.1) is 4.90 Å². The van der Waals surface area contributed by atoms with Crippen LogP contribution >= 0.6 is 0 Å². The van der Waals surface area contributed by atoms with Crippen LogP contribution in [-0.2, 0) is 28.7 Å².